The van der Waals surface area contributed by atoms with Crippen LogP contribution in [0.15, 0.2) is 30.3 Å². The van der Waals surface area contributed by atoms with E-state index >= 15 is 0 Å². The van der Waals surface area contributed by atoms with Gasteiger partial charge in [0.1, 0.15) is 12.4 Å². The number of hydrogen-bond acceptors (Lipinski definition) is 6. The molecule has 0 radical (unpaired) electrons. The first-order chi connectivity index (χ1) is 16.7. The molecule has 9 heteroatoms. The van der Waals surface area contributed by atoms with Crippen LogP contribution in [0, 0.1) is 0 Å². The molecule has 0 amide bonds. The molecule has 0 aliphatic carbocycles. The molecule has 1 aliphatic heterocycles. The third kappa shape index (κ3) is 12.9. The van der Waals surface area contributed by atoms with Gasteiger partial charge in [-0.25, -0.2) is 4.79 Å². The zero-order chi connectivity index (χ0) is 26.1. The van der Waals surface area contributed by atoms with Crippen LogP contribution in [0.2, 0.25) is 0 Å². The zero-order valence-electron chi connectivity index (χ0n) is 20.5. The summed E-state index contributed by atoms with van der Waals surface area (Å²) in [6.45, 7) is 6.58. The van der Waals surface area contributed by atoms with Gasteiger partial charge in [0.25, 0.3) is 0 Å². The molecule has 0 aromatic heterocycles. The van der Waals surface area contributed by atoms with E-state index in [1.54, 1.807) is 0 Å². The monoisotopic (exact) mass is 493 g/mol. The number of aliphatic carboxylic acids is 3. The van der Waals surface area contributed by atoms with Gasteiger partial charge in [-0.2, -0.15) is 0 Å². The fourth-order valence-electron chi connectivity index (χ4n) is 3.65. The predicted octanol–water partition coefficient (Wildman–Crippen LogP) is 3.90. The van der Waals surface area contributed by atoms with E-state index in [0.717, 1.165) is 18.9 Å². The van der Waals surface area contributed by atoms with Gasteiger partial charge in [0.05, 0.1) is 12.8 Å². The number of carbonyl (C=O) groups is 3. The Labute approximate surface area is 207 Å². The van der Waals surface area contributed by atoms with Crippen molar-refractivity contribution in [3.8, 4) is 5.75 Å². The molecule has 1 aliphatic rings. The molecule has 0 bridgehead atoms. The maximum atomic E-state index is 10.3. The maximum absolute atomic E-state index is 10.3. The maximum Gasteiger partial charge on any atom is 0.336 e. The Morgan fingerprint density at radius 3 is 2.20 bits per heavy atom. The van der Waals surface area contributed by atoms with Crippen LogP contribution in [-0.4, -0.2) is 75.1 Å². The first-order valence-electron chi connectivity index (χ1n) is 12.2. The summed E-state index contributed by atoms with van der Waals surface area (Å²) in [5, 5.41) is 33.8. The Kier molecular flexibility index (Phi) is 14.3. The van der Waals surface area contributed by atoms with Gasteiger partial charge in [-0.05, 0) is 44.8 Å². The molecular formula is C26H39NO8. The van der Waals surface area contributed by atoms with Gasteiger partial charge in [-0.15, -0.1) is 0 Å². The highest BCUT2D eigenvalue weighted by molar-refractivity contribution is 5.88. The van der Waals surface area contributed by atoms with Crippen molar-refractivity contribution in [2.24, 2.45) is 0 Å². The molecule has 4 N–H and O–H groups in total. The highest BCUT2D eigenvalue weighted by Gasteiger charge is 2.40. The number of ether oxygens (including phenoxy) is 1. The van der Waals surface area contributed by atoms with Gasteiger partial charge in [-0.3, -0.25) is 14.5 Å². The number of rotatable bonds is 15. The number of carboxylic acid groups (broad SMARTS) is 3. The SMILES string of the molecule is CCCCCC/C=C/c1ccccc1OCCN1CCCC1.O=C(O)CC(O)(CC(=O)O)C(=O)O. The standard InChI is InChI=1S/C20H31NO.C6H8O7/c1-2-3-4-5-6-7-12-19-13-8-9-14-20(19)22-18-17-21-15-10-11-16-21;7-3(8)1-6(13,5(11)12)2-4(9)10/h7-9,12-14H,2-6,10-11,15-18H2,1H3;13H,1-2H2,(H,7,8)(H,9,10)(H,11,12)/b12-7+;. The quantitative estimate of drug-likeness (QED) is 0.267. The molecule has 9 nitrogen and oxygen atoms in total. The summed E-state index contributed by atoms with van der Waals surface area (Å²) in [6, 6.07) is 8.38. The molecule has 1 saturated heterocycles. The Morgan fingerprint density at radius 2 is 1.63 bits per heavy atom. The number of unbranched alkanes of at least 4 members (excludes halogenated alkanes) is 4. The summed E-state index contributed by atoms with van der Waals surface area (Å²) < 4.78 is 6.00. The third-order valence-corrected chi connectivity index (χ3v) is 5.59. The Bertz CT molecular complexity index is 801. The molecule has 1 aromatic rings. The largest absolute Gasteiger partial charge is 0.492 e. The minimum absolute atomic E-state index is 0.793. The summed E-state index contributed by atoms with van der Waals surface area (Å²) in [6.07, 6.45) is 11.4. The van der Waals surface area contributed by atoms with Crippen LogP contribution in [0.1, 0.15) is 70.3 Å². The van der Waals surface area contributed by atoms with Crippen molar-refractivity contribution in [2.45, 2.75) is 70.3 Å². The summed E-state index contributed by atoms with van der Waals surface area (Å²) >= 11 is 0. The first kappa shape index (κ1) is 30.1. The Morgan fingerprint density at radius 1 is 1.00 bits per heavy atom. The lowest BCUT2D eigenvalue weighted by molar-refractivity contribution is -0.170. The lowest BCUT2D eigenvalue weighted by atomic mass is 9.96. The molecule has 196 valence electrons. The number of hydrogen-bond donors (Lipinski definition) is 4. The van der Waals surface area contributed by atoms with Crippen molar-refractivity contribution < 1.29 is 39.5 Å². The molecule has 1 heterocycles. The second-order valence-electron chi connectivity index (χ2n) is 8.66. The van der Waals surface area contributed by atoms with Crippen LogP contribution >= 0.6 is 0 Å². The van der Waals surface area contributed by atoms with E-state index in [0.29, 0.717) is 0 Å². The molecule has 0 atom stereocenters. The molecule has 0 unspecified atom stereocenters. The van der Waals surface area contributed by atoms with Gasteiger partial charge in [0.15, 0.2) is 5.60 Å². The lowest BCUT2D eigenvalue weighted by Gasteiger charge is -2.18. The number of carboxylic acids is 3. The van der Waals surface area contributed by atoms with Crippen LogP contribution in [0.25, 0.3) is 6.08 Å². The van der Waals surface area contributed by atoms with Gasteiger partial charge in [0, 0.05) is 12.1 Å². The van der Waals surface area contributed by atoms with Crippen LogP contribution in [0.5, 0.6) is 5.75 Å². The highest BCUT2D eigenvalue weighted by Crippen LogP contribution is 2.20. The second-order valence-corrected chi connectivity index (χ2v) is 8.66. The van der Waals surface area contributed by atoms with Crippen molar-refractivity contribution in [1.82, 2.24) is 4.90 Å². The van der Waals surface area contributed by atoms with Crippen LogP contribution in [0.4, 0.5) is 0 Å². The molecule has 0 spiro atoms. The Hall–Kier alpha value is -2.91. The summed E-state index contributed by atoms with van der Waals surface area (Å²) in [5.74, 6) is -4.00. The summed E-state index contributed by atoms with van der Waals surface area (Å²) in [7, 11) is 0. The van der Waals surface area contributed by atoms with Crippen LogP contribution in [-0.2, 0) is 14.4 Å². The van der Waals surface area contributed by atoms with E-state index in [1.165, 1.54) is 63.6 Å². The van der Waals surface area contributed by atoms with Crippen molar-refractivity contribution in [3.63, 3.8) is 0 Å². The van der Waals surface area contributed by atoms with Crippen molar-refractivity contribution in [3.05, 3.63) is 35.9 Å². The van der Waals surface area contributed by atoms with Crippen molar-refractivity contribution >= 4 is 24.0 Å². The number of aliphatic hydroxyl groups is 1. The van der Waals surface area contributed by atoms with Crippen molar-refractivity contribution in [1.29, 1.82) is 0 Å². The zero-order valence-corrected chi connectivity index (χ0v) is 20.5. The molecular weight excluding hydrogens is 454 g/mol. The van der Waals surface area contributed by atoms with E-state index in [-0.39, 0.29) is 0 Å². The van der Waals surface area contributed by atoms with E-state index in [4.69, 9.17) is 25.2 Å². The normalized spacial score (nSPS) is 13.9. The van der Waals surface area contributed by atoms with Crippen molar-refractivity contribution in [2.75, 3.05) is 26.2 Å². The highest BCUT2D eigenvalue weighted by atomic mass is 16.5. The number of para-hydroxylation sites is 1. The molecule has 35 heavy (non-hydrogen) atoms. The van der Waals surface area contributed by atoms with E-state index in [2.05, 4.69) is 48.2 Å². The third-order valence-electron chi connectivity index (χ3n) is 5.59. The predicted molar refractivity (Wildman–Crippen MR) is 132 cm³/mol. The number of allylic oxidation sites excluding steroid dienone is 1. The summed E-state index contributed by atoms with van der Waals surface area (Å²) in [5.41, 5.74) is -1.53. The summed E-state index contributed by atoms with van der Waals surface area (Å²) in [4.78, 5) is 33.0. The van der Waals surface area contributed by atoms with Crippen LogP contribution < -0.4 is 4.74 Å². The average Bonchev–Trinajstić information content (AvgIpc) is 3.30. The molecule has 0 saturated carbocycles. The van der Waals surface area contributed by atoms with Crippen LogP contribution in [0.3, 0.4) is 0 Å². The topological polar surface area (TPSA) is 145 Å². The van der Waals surface area contributed by atoms with Gasteiger partial charge >= 0.3 is 17.9 Å². The lowest BCUT2D eigenvalue weighted by Crippen LogP contribution is -2.42. The van der Waals surface area contributed by atoms with E-state index in [9.17, 15) is 14.4 Å². The van der Waals surface area contributed by atoms with E-state index < -0.39 is 36.4 Å². The number of likely N-dealkylation sites (tertiary alicyclic amines) is 1. The fraction of sp³-hybridized carbons (Fsp3) is 0.577. The average molecular weight is 494 g/mol. The fourth-order valence-corrected chi connectivity index (χ4v) is 3.65. The number of nitrogens with zero attached hydrogens (tertiary/aromatic N) is 1. The minimum Gasteiger partial charge on any atom is -0.492 e. The van der Waals surface area contributed by atoms with Gasteiger partial charge < -0.3 is 25.2 Å². The number of benzene rings is 1. The molecule has 1 fully saturated rings. The molecule has 1 aromatic carbocycles. The Balaban J connectivity index is 0.000000405. The van der Waals surface area contributed by atoms with Gasteiger partial charge in [0.2, 0.25) is 0 Å². The van der Waals surface area contributed by atoms with E-state index in [1.807, 2.05) is 0 Å². The first-order valence-corrected chi connectivity index (χ1v) is 12.2. The second kappa shape index (κ2) is 16.7. The molecule has 2 rings (SSSR count). The minimum atomic E-state index is -2.74. The van der Waals surface area contributed by atoms with Gasteiger partial charge in [-0.1, -0.05) is 56.5 Å². The smallest absolute Gasteiger partial charge is 0.336 e.